The lowest BCUT2D eigenvalue weighted by atomic mass is 9.98. The number of aliphatic carboxylic acids is 1. The standard InChI is InChI=1S/C93H144N20O23S/c1-9-12-15-22-68-85(123)103-67(11-3)84(122)112-76(83(121)98-35-37-132-39-41-134-43-45-136-47-46-135-44-42-133-40-38-131-36-33-94)55-137-56-78(116)102-60(8)81(119)104-70(24-19-34-99-93(95)96)86(124)105-69(23-16-13-10-2)87(125)107-73(50-62-27-31-66(114)32-28-62)90(128)109-74(51-65-53-97-57-101-65)91(129)110-75(52-79(117)118)82(120)100-54-77(115)113-80(59(6)7)92(130)111-71(48-58(4)5)88(126)108-72(89(127)106-68)49-61-25-29-64(30-26-61)63-20-17-14-18-21-63/h14,17-18,20-21,25-32,53,57-60,67-76,80,114H,9-13,15-16,19,22-24,33-52,54-56,94H2,1-8H3,(H,97,101)(H,98,121)(H,100,120)(H,102,116)(H,103,123)(H,104,119)(H,105,124)(H,106,127)(H,107,125)(H,108,126)(H,109,128)(H,110,129)(H,111,130)(H,112,122)(H,113,115)(H,117,118)(H4,95,96,99)/t60-,67-,68-,69-,70-,71-,72-,73-,74-,75-,76-,80-/m0/s1. The number of rotatable bonds is 46. The highest BCUT2D eigenvalue weighted by Gasteiger charge is 2.38. The Hall–Kier alpha value is -11.9. The summed E-state index contributed by atoms with van der Waals surface area (Å²) < 4.78 is 33.2. The number of imidazole rings is 1. The summed E-state index contributed by atoms with van der Waals surface area (Å²) in [5.41, 5.74) is 13.9. The highest BCUT2D eigenvalue weighted by molar-refractivity contribution is 8.00. The fraction of sp³-hybridized carbons (Fsp3) is 0.602. The van der Waals surface area contributed by atoms with Gasteiger partial charge in [-0.2, -0.15) is 0 Å². The number of unbranched alkanes of at least 4 members (excludes halogenated alkanes) is 4. The molecule has 3 aromatic carbocycles. The number of aromatic hydroxyl groups is 1. The first kappa shape index (κ1) is 116. The number of benzene rings is 3. The summed E-state index contributed by atoms with van der Waals surface area (Å²) in [6.07, 6.45) is 3.70. The van der Waals surface area contributed by atoms with Crippen molar-refractivity contribution in [1.29, 1.82) is 5.41 Å². The van der Waals surface area contributed by atoms with Crippen LogP contribution in [-0.2, 0) is 120 Å². The van der Waals surface area contributed by atoms with Gasteiger partial charge in [-0.15, -0.1) is 11.8 Å². The first-order valence-corrected chi connectivity index (χ1v) is 48.0. The van der Waals surface area contributed by atoms with Crippen LogP contribution in [0.15, 0.2) is 91.4 Å². The lowest BCUT2D eigenvalue weighted by Crippen LogP contribution is -2.61. The lowest BCUT2D eigenvalue weighted by Gasteiger charge is -2.29. The van der Waals surface area contributed by atoms with Crippen LogP contribution in [0.3, 0.4) is 0 Å². The summed E-state index contributed by atoms with van der Waals surface area (Å²) in [7, 11) is 0. The van der Waals surface area contributed by atoms with Gasteiger partial charge < -0.3 is 135 Å². The second-order valence-electron chi connectivity index (χ2n) is 33.7. The van der Waals surface area contributed by atoms with Crippen molar-refractivity contribution in [3.8, 4) is 16.9 Å². The SMILES string of the molecule is CCCCC[C@@H]1NC(=O)[C@H](CCCNC(=N)N)NC(=O)[C@H](C)NC(=O)CSC[C@@H](C(=O)NCCOCCOCCOCCOCCOCCOCCN)NC(=O)[C@H](CC)NC(=O)[C@H](CCCCC)NC(=O)[C@H](Cc2ccc(-c3ccccc3)cc2)NC(=O)[C@H](CC(C)C)NC(=O)[C@H](C(C)C)NC(=O)CNC(=O)[C@H](CC(=O)O)NC(=O)[C@H](Cc2cnc[nH]2)NC(=O)[C@H](Cc2ccc(O)cc2)NC1=O. The van der Waals surface area contributed by atoms with Gasteiger partial charge in [0.05, 0.1) is 104 Å². The van der Waals surface area contributed by atoms with Crippen LogP contribution >= 0.6 is 11.8 Å². The van der Waals surface area contributed by atoms with E-state index in [1.807, 2.05) is 56.3 Å². The topological polar surface area (TPSA) is 637 Å². The number of nitrogens with two attached hydrogens (primary N) is 2. The minimum absolute atomic E-state index is 0.0115. The number of guanidine groups is 1. The van der Waals surface area contributed by atoms with Crippen molar-refractivity contribution in [2.45, 2.75) is 231 Å². The number of carboxylic acid groups (broad SMARTS) is 1. The molecular weight excluding hydrogens is 1800 g/mol. The molecule has 1 aliphatic rings. The number of nitrogens with one attached hydrogen (secondary N) is 17. The van der Waals surface area contributed by atoms with Gasteiger partial charge in [-0.1, -0.05) is 154 Å². The van der Waals surface area contributed by atoms with Crippen LogP contribution in [0.5, 0.6) is 5.75 Å². The van der Waals surface area contributed by atoms with Gasteiger partial charge in [-0.3, -0.25) is 77.3 Å². The predicted octanol–water partition coefficient (Wildman–Crippen LogP) is -0.304. The number of phenols is 1. The van der Waals surface area contributed by atoms with E-state index in [0.717, 1.165) is 22.9 Å². The smallest absolute Gasteiger partial charge is 0.305 e. The van der Waals surface area contributed by atoms with E-state index in [4.69, 9.17) is 45.3 Å². The number of amides is 14. The summed E-state index contributed by atoms with van der Waals surface area (Å²) in [5.74, 6) is -16.6. The van der Waals surface area contributed by atoms with Crippen LogP contribution in [0.2, 0.25) is 0 Å². The molecular formula is C93H144N20O23S. The molecule has 0 spiro atoms. The predicted molar refractivity (Wildman–Crippen MR) is 510 cm³/mol. The maximum atomic E-state index is 15.2. The number of hydrogen-bond acceptors (Lipinski definition) is 26. The molecule has 14 amide bonds. The number of thioether (sulfide) groups is 1. The number of nitrogens with zero attached hydrogens (tertiary/aromatic N) is 1. The molecule has 23 N–H and O–H groups in total. The number of hydrogen-bond donors (Lipinski definition) is 21. The molecule has 0 saturated carbocycles. The Labute approximate surface area is 804 Å². The largest absolute Gasteiger partial charge is 0.508 e. The fourth-order valence-electron chi connectivity index (χ4n) is 14.0. The monoisotopic (exact) mass is 1940 g/mol. The molecule has 4 aromatic rings. The number of aromatic amines is 1. The van der Waals surface area contributed by atoms with Gasteiger partial charge in [-0.25, -0.2) is 4.98 Å². The molecule has 1 fully saturated rings. The molecule has 1 aliphatic heterocycles. The highest BCUT2D eigenvalue weighted by atomic mass is 32.2. The Morgan fingerprint density at radius 3 is 1.41 bits per heavy atom. The van der Waals surface area contributed by atoms with Crippen molar-refractivity contribution in [2.24, 2.45) is 23.3 Å². The fourth-order valence-corrected chi connectivity index (χ4v) is 14.9. The number of H-pyrrole nitrogens is 1. The number of carboxylic acids is 1. The molecule has 137 heavy (non-hydrogen) atoms. The first-order valence-electron chi connectivity index (χ1n) is 46.8. The highest BCUT2D eigenvalue weighted by Crippen LogP contribution is 2.22. The first-order chi connectivity index (χ1) is 65.7. The van der Waals surface area contributed by atoms with Gasteiger partial charge >= 0.3 is 5.97 Å². The van der Waals surface area contributed by atoms with E-state index in [0.29, 0.717) is 102 Å². The third kappa shape index (κ3) is 46.6. The van der Waals surface area contributed by atoms with Crippen LogP contribution in [0.25, 0.3) is 11.1 Å². The summed E-state index contributed by atoms with van der Waals surface area (Å²) in [6.45, 7) is 16.6. The maximum Gasteiger partial charge on any atom is 0.305 e. The Morgan fingerprint density at radius 2 is 0.927 bits per heavy atom. The molecule has 0 unspecified atom stereocenters. The van der Waals surface area contributed by atoms with E-state index in [2.05, 4.69) is 89.7 Å². The van der Waals surface area contributed by atoms with Crippen LogP contribution in [0.1, 0.15) is 156 Å². The number of carbonyl (C=O) groups is 15. The van der Waals surface area contributed by atoms with Crippen molar-refractivity contribution in [3.05, 3.63) is 108 Å². The van der Waals surface area contributed by atoms with Gasteiger partial charge in [0.25, 0.3) is 0 Å². The zero-order valence-electron chi connectivity index (χ0n) is 79.8. The molecule has 2 heterocycles. The summed E-state index contributed by atoms with van der Waals surface area (Å²) in [6, 6.07) is 4.25. The Morgan fingerprint density at radius 1 is 0.482 bits per heavy atom. The zero-order valence-corrected chi connectivity index (χ0v) is 80.6. The van der Waals surface area contributed by atoms with Crippen LogP contribution in [0, 0.1) is 17.2 Å². The second kappa shape index (κ2) is 65.7. The Balaban J connectivity index is 1.54. The molecule has 1 aromatic heterocycles. The van der Waals surface area contributed by atoms with Crippen molar-refractivity contribution >= 4 is 106 Å². The minimum atomic E-state index is -1.96. The summed E-state index contributed by atoms with van der Waals surface area (Å²) >= 11 is 0.884. The van der Waals surface area contributed by atoms with E-state index >= 15 is 14.4 Å². The number of carbonyl (C=O) groups excluding carboxylic acids is 14. The van der Waals surface area contributed by atoms with Crippen LogP contribution < -0.4 is 91.2 Å². The van der Waals surface area contributed by atoms with Crippen molar-refractivity contribution in [1.82, 2.24) is 89.7 Å². The molecule has 44 heteroatoms. The van der Waals surface area contributed by atoms with E-state index < -0.39 is 198 Å². The molecule has 0 bridgehead atoms. The molecule has 760 valence electrons. The maximum absolute atomic E-state index is 15.2. The summed E-state index contributed by atoms with van der Waals surface area (Å²) in [5, 5.41) is 68.0. The molecule has 12 atom stereocenters. The third-order valence-corrected chi connectivity index (χ3v) is 22.5. The number of aromatic nitrogens is 2. The van der Waals surface area contributed by atoms with Crippen molar-refractivity contribution in [3.63, 3.8) is 0 Å². The minimum Gasteiger partial charge on any atom is -0.508 e. The summed E-state index contributed by atoms with van der Waals surface area (Å²) in [4.78, 5) is 224. The van der Waals surface area contributed by atoms with Gasteiger partial charge in [0.2, 0.25) is 82.7 Å². The van der Waals surface area contributed by atoms with Gasteiger partial charge in [0.15, 0.2) is 5.96 Å². The quantitative estimate of drug-likeness (QED) is 0.0153. The van der Waals surface area contributed by atoms with Crippen molar-refractivity contribution in [2.75, 3.05) is 117 Å². The van der Waals surface area contributed by atoms with Crippen LogP contribution in [-0.4, -0.2) is 304 Å². The average molecular weight is 1940 g/mol. The van der Waals surface area contributed by atoms with E-state index in [-0.39, 0.29) is 121 Å². The van der Waals surface area contributed by atoms with E-state index in [9.17, 15) is 67.7 Å². The molecule has 5 rings (SSSR count). The number of phenolic OH excluding ortho intramolecular Hbond substituents is 1. The Kier molecular flexibility index (Phi) is 55.4. The third-order valence-electron chi connectivity index (χ3n) is 21.5. The molecule has 0 aliphatic carbocycles. The lowest BCUT2D eigenvalue weighted by molar-refractivity contribution is -0.141. The molecule has 43 nitrogen and oxygen atoms in total. The second-order valence-corrected chi connectivity index (χ2v) is 34.7. The van der Waals surface area contributed by atoms with E-state index in [1.165, 1.54) is 43.7 Å². The van der Waals surface area contributed by atoms with Gasteiger partial charge in [0, 0.05) is 56.5 Å². The Bertz CT molecular complexity index is 4390. The average Bonchev–Trinajstić information content (AvgIpc) is 1.08. The van der Waals surface area contributed by atoms with Crippen LogP contribution in [0.4, 0.5) is 0 Å². The molecule has 1 saturated heterocycles. The molecule has 0 radical (unpaired) electrons. The number of ether oxygens (including phenoxy) is 6. The normalized spacial score (nSPS) is 21.5. The van der Waals surface area contributed by atoms with Gasteiger partial charge in [0.1, 0.15) is 78.3 Å². The van der Waals surface area contributed by atoms with Gasteiger partial charge in [-0.05, 0) is 91.7 Å². The zero-order chi connectivity index (χ0) is 100. The van der Waals surface area contributed by atoms with E-state index in [1.54, 1.807) is 46.8 Å². The van der Waals surface area contributed by atoms with Crippen molar-refractivity contribution < 1.29 is 111 Å².